The van der Waals surface area contributed by atoms with Crippen LogP contribution in [0.1, 0.15) is 42.5 Å². The molecule has 30 heavy (non-hydrogen) atoms. The van der Waals surface area contributed by atoms with E-state index in [2.05, 4.69) is 0 Å². The van der Waals surface area contributed by atoms with E-state index in [1.54, 1.807) is 35.8 Å². The Balaban J connectivity index is 2.06. The van der Waals surface area contributed by atoms with Crippen molar-refractivity contribution in [2.75, 3.05) is 7.11 Å². The fraction of sp³-hybridized carbons (Fsp3) is 0.348. The Labute approximate surface area is 173 Å². The number of rotatable bonds is 6. The number of phenols is 1. The number of aromatic hydroxyl groups is 1. The summed E-state index contributed by atoms with van der Waals surface area (Å²) < 4.78 is 6.83. The highest BCUT2D eigenvalue weighted by Crippen LogP contribution is 2.38. The molecule has 0 spiro atoms. The number of ether oxygens (including phenoxy) is 1. The van der Waals surface area contributed by atoms with Gasteiger partial charge < -0.3 is 19.5 Å². The summed E-state index contributed by atoms with van der Waals surface area (Å²) in [5, 5.41) is 21.7. The van der Waals surface area contributed by atoms with Gasteiger partial charge in [-0.2, -0.15) is 0 Å². The van der Waals surface area contributed by atoms with Gasteiger partial charge in [-0.1, -0.05) is 13.8 Å². The van der Waals surface area contributed by atoms with Crippen LogP contribution in [0.3, 0.4) is 0 Å². The van der Waals surface area contributed by atoms with E-state index in [0.717, 1.165) is 16.5 Å². The maximum Gasteiger partial charge on any atom is 0.257 e. The first-order valence-corrected chi connectivity index (χ1v) is 9.98. The third kappa shape index (κ3) is 2.85. The summed E-state index contributed by atoms with van der Waals surface area (Å²) in [5.41, 5.74) is 2.34. The maximum absolute atomic E-state index is 13.4. The number of hydrogen-bond acceptors (Lipinski definition) is 6. The second kappa shape index (κ2) is 7.34. The Kier molecular flexibility index (Phi) is 4.95. The molecule has 1 aromatic carbocycles. The highest BCUT2D eigenvalue weighted by atomic mass is 16.5. The molecule has 2 aromatic heterocycles. The van der Waals surface area contributed by atoms with Crippen LogP contribution in [0.2, 0.25) is 0 Å². The van der Waals surface area contributed by atoms with Crippen molar-refractivity contribution in [1.29, 1.82) is 0 Å². The Morgan fingerprint density at radius 2 is 2.03 bits per heavy atom. The van der Waals surface area contributed by atoms with E-state index in [1.165, 1.54) is 7.11 Å². The largest absolute Gasteiger partial charge is 0.508 e. The van der Waals surface area contributed by atoms with Gasteiger partial charge in [0.25, 0.3) is 5.56 Å². The van der Waals surface area contributed by atoms with Crippen molar-refractivity contribution in [3.63, 3.8) is 0 Å². The van der Waals surface area contributed by atoms with Gasteiger partial charge in [0.05, 0.1) is 30.1 Å². The van der Waals surface area contributed by atoms with Gasteiger partial charge in [0.15, 0.2) is 6.29 Å². The summed E-state index contributed by atoms with van der Waals surface area (Å²) in [7, 11) is 1.47. The number of carbonyl (C=O) groups is 1. The van der Waals surface area contributed by atoms with Gasteiger partial charge in [-0.05, 0) is 42.7 Å². The number of methoxy groups -OCH3 is 1. The average Bonchev–Trinajstić information content (AvgIpc) is 3.12. The number of aldehydes is 1. The predicted molar refractivity (Wildman–Crippen MR) is 113 cm³/mol. The van der Waals surface area contributed by atoms with Gasteiger partial charge in [-0.3, -0.25) is 9.59 Å². The molecule has 1 atom stereocenters. The molecule has 7 heteroatoms. The molecule has 0 aliphatic carbocycles. The maximum atomic E-state index is 13.4. The van der Waals surface area contributed by atoms with Gasteiger partial charge >= 0.3 is 0 Å². The second-order valence-corrected chi connectivity index (χ2v) is 7.61. The fourth-order valence-electron chi connectivity index (χ4n) is 4.35. The van der Waals surface area contributed by atoms with E-state index in [-0.39, 0.29) is 35.5 Å². The Morgan fingerprint density at radius 3 is 2.67 bits per heavy atom. The first kappa shape index (κ1) is 20.3. The zero-order chi connectivity index (χ0) is 21.6. The summed E-state index contributed by atoms with van der Waals surface area (Å²) in [6.07, 6.45) is 1.31. The van der Waals surface area contributed by atoms with E-state index in [1.807, 2.05) is 6.92 Å². The van der Waals surface area contributed by atoms with Crippen LogP contribution in [0, 0.1) is 0 Å². The molecule has 0 radical (unpaired) electrons. The molecule has 156 valence electrons. The van der Waals surface area contributed by atoms with Crippen molar-refractivity contribution in [2.45, 2.75) is 45.4 Å². The molecular formula is C23H24N2O5. The molecule has 0 fully saturated rings. The Bertz CT molecular complexity index is 1230. The minimum atomic E-state index is -1.78. The molecule has 1 unspecified atom stereocenters. The quantitative estimate of drug-likeness (QED) is 0.476. The molecule has 3 heterocycles. The molecule has 1 aliphatic heterocycles. The SMILES string of the molecule is CCc1c2c(nc3ccc(O)cc13)-c1cc(C(O)(C=O)CC)c(COC)c(=O)n1C2. The number of phenolic OH excluding ortho intramolecular Hbond substituents is 1. The summed E-state index contributed by atoms with van der Waals surface area (Å²) in [4.78, 5) is 29.9. The summed E-state index contributed by atoms with van der Waals surface area (Å²) in [6.45, 7) is 4.05. The zero-order valence-electron chi connectivity index (χ0n) is 17.2. The van der Waals surface area contributed by atoms with Crippen LogP contribution in [0.15, 0.2) is 29.1 Å². The highest BCUT2D eigenvalue weighted by molar-refractivity contribution is 5.89. The Hall–Kier alpha value is -3.03. The monoisotopic (exact) mass is 408 g/mol. The first-order chi connectivity index (χ1) is 14.4. The molecule has 0 bridgehead atoms. The van der Waals surface area contributed by atoms with Crippen molar-refractivity contribution in [2.24, 2.45) is 0 Å². The zero-order valence-corrected chi connectivity index (χ0v) is 17.2. The van der Waals surface area contributed by atoms with Gasteiger partial charge in [-0.15, -0.1) is 0 Å². The van der Waals surface area contributed by atoms with Crippen molar-refractivity contribution in [1.82, 2.24) is 9.55 Å². The smallest absolute Gasteiger partial charge is 0.257 e. The fourth-order valence-corrected chi connectivity index (χ4v) is 4.35. The average molecular weight is 408 g/mol. The number of hydrogen-bond donors (Lipinski definition) is 2. The number of pyridine rings is 2. The molecule has 0 saturated carbocycles. The van der Waals surface area contributed by atoms with Crippen molar-refractivity contribution in [3.8, 4) is 17.1 Å². The Morgan fingerprint density at radius 1 is 1.27 bits per heavy atom. The number of aryl methyl sites for hydroxylation is 1. The van der Waals surface area contributed by atoms with E-state index < -0.39 is 5.60 Å². The van der Waals surface area contributed by atoms with Crippen molar-refractivity contribution >= 4 is 17.2 Å². The van der Waals surface area contributed by atoms with Crippen LogP contribution in [0.5, 0.6) is 5.75 Å². The standard InChI is InChI=1S/C23H24N2O5/c1-4-14-15-8-13(27)6-7-19(15)24-21-16(14)10-25-20(21)9-18(23(29,5-2)12-26)17(11-30-3)22(25)28/h6-9,12,27,29H,4-5,10-11H2,1-3H3. The normalized spacial score (nSPS) is 14.4. The number of fused-ring (bicyclic) bond motifs is 4. The van der Waals surface area contributed by atoms with Gasteiger partial charge in [0.2, 0.25) is 0 Å². The molecule has 1 aliphatic rings. The van der Waals surface area contributed by atoms with E-state index in [4.69, 9.17) is 9.72 Å². The van der Waals surface area contributed by atoms with Crippen molar-refractivity contribution in [3.05, 3.63) is 56.9 Å². The van der Waals surface area contributed by atoms with Crippen LogP contribution in [0.25, 0.3) is 22.3 Å². The lowest BCUT2D eigenvalue weighted by Crippen LogP contribution is -2.34. The minimum absolute atomic E-state index is 0.00907. The molecule has 3 aromatic rings. The molecule has 7 nitrogen and oxygen atoms in total. The molecule has 4 rings (SSSR count). The van der Waals surface area contributed by atoms with E-state index >= 15 is 0 Å². The predicted octanol–water partition coefficient (Wildman–Crippen LogP) is 2.64. The molecule has 2 N–H and O–H groups in total. The lowest BCUT2D eigenvalue weighted by molar-refractivity contribution is -0.125. The second-order valence-electron chi connectivity index (χ2n) is 7.61. The van der Waals surface area contributed by atoms with Gasteiger partial charge in [0, 0.05) is 29.2 Å². The number of nitrogens with zero attached hydrogens (tertiary/aromatic N) is 2. The highest BCUT2D eigenvalue weighted by Gasteiger charge is 2.35. The molecule has 0 amide bonds. The van der Waals surface area contributed by atoms with Crippen LogP contribution >= 0.6 is 0 Å². The summed E-state index contributed by atoms with van der Waals surface area (Å²) in [6, 6.07) is 6.72. The van der Waals surface area contributed by atoms with E-state index in [0.29, 0.717) is 36.2 Å². The van der Waals surface area contributed by atoms with Crippen LogP contribution < -0.4 is 5.56 Å². The first-order valence-electron chi connectivity index (χ1n) is 9.98. The lowest BCUT2D eigenvalue weighted by atomic mass is 9.89. The van der Waals surface area contributed by atoms with Crippen LogP contribution in [-0.4, -0.2) is 33.2 Å². The number of aromatic nitrogens is 2. The molecule has 0 saturated heterocycles. The van der Waals surface area contributed by atoms with Gasteiger partial charge in [-0.25, -0.2) is 4.98 Å². The number of aliphatic hydroxyl groups is 1. The van der Waals surface area contributed by atoms with Crippen LogP contribution in [-0.2, 0) is 34.7 Å². The third-order valence-electron chi connectivity index (χ3n) is 5.99. The molecular weight excluding hydrogens is 384 g/mol. The van der Waals surface area contributed by atoms with Crippen LogP contribution in [0.4, 0.5) is 0 Å². The van der Waals surface area contributed by atoms with Crippen molar-refractivity contribution < 1.29 is 19.7 Å². The lowest BCUT2D eigenvalue weighted by Gasteiger charge is -2.24. The summed E-state index contributed by atoms with van der Waals surface area (Å²) in [5.74, 6) is 0.162. The summed E-state index contributed by atoms with van der Waals surface area (Å²) >= 11 is 0. The van der Waals surface area contributed by atoms with Gasteiger partial charge in [0.1, 0.15) is 11.4 Å². The number of carbonyl (C=O) groups excluding carboxylic acids is 1. The third-order valence-corrected chi connectivity index (χ3v) is 5.99. The minimum Gasteiger partial charge on any atom is -0.508 e. The number of benzene rings is 1. The van der Waals surface area contributed by atoms with E-state index in [9.17, 15) is 19.8 Å². The topological polar surface area (TPSA) is 102 Å².